The summed E-state index contributed by atoms with van der Waals surface area (Å²) in [5, 5.41) is 7.63. The number of nitrogens with one attached hydrogen (secondary N) is 1. The van der Waals surface area contributed by atoms with Crippen LogP contribution in [0.25, 0.3) is 0 Å². The minimum Gasteiger partial charge on any atom is -0.363 e. The highest BCUT2D eigenvalue weighted by atomic mass is 19.1. The summed E-state index contributed by atoms with van der Waals surface area (Å²) in [5.74, 6) is 0.648. The van der Waals surface area contributed by atoms with Gasteiger partial charge in [0.2, 0.25) is 0 Å². The standard InChI is InChI=1S/C17H24FN3O/c1-5-6-7-8-13(10-18)15-9-17(3,4)21-16(20-15)14(11-19-21)12(2)22/h6-8,11,15,20H,5,9-10H2,1-4H3/b7-6-,13-8+. The van der Waals surface area contributed by atoms with Gasteiger partial charge in [-0.3, -0.25) is 4.79 Å². The molecule has 1 aliphatic rings. The van der Waals surface area contributed by atoms with E-state index in [-0.39, 0.29) is 17.4 Å². The topological polar surface area (TPSA) is 46.9 Å². The van der Waals surface area contributed by atoms with Crippen LogP contribution in [-0.4, -0.2) is 28.3 Å². The van der Waals surface area contributed by atoms with E-state index in [1.165, 1.54) is 6.92 Å². The molecule has 0 aromatic carbocycles. The number of allylic oxidation sites excluding steroid dienone is 3. The summed E-state index contributed by atoms with van der Waals surface area (Å²) >= 11 is 0. The van der Waals surface area contributed by atoms with Gasteiger partial charge in [0.05, 0.1) is 23.3 Å². The normalized spacial score (nSPS) is 20.8. The average Bonchev–Trinajstić information content (AvgIpc) is 2.88. The first-order chi connectivity index (χ1) is 10.4. The van der Waals surface area contributed by atoms with E-state index in [1.807, 2.05) is 29.8 Å². The van der Waals surface area contributed by atoms with Gasteiger partial charge in [-0.25, -0.2) is 9.07 Å². The van der Waals surface area contributed by atoms with Gasteiger partial charge in [-0.15, -0.1) is 0 Å². The summed E-state index contributed by atoms with van der Waals surface area (Å²) in [7, 11) is 0. The molecule has 22 heavy (non-hydrogen) atoms. The van der Waals surface area contributed by atoms with Crippen molar-refractivity contribution in [2.24, 2.45) is 0 Å². The molecule has 5 heteroatoms. The molecule has 0 saturated heterocycles. The molecular formula is C17H24FN3O. The number of ketones is 1. The Labute approximate surface area is 131 Å². The van der Waals surface area contributed by atoms with Crippen LogP contribution in [-0.2, 0) is 5.54 Å². The van der Waals surface area contributed by atoms with E-state index in [9.17, 15) is 9.18 Å². The van der Waals surface area contributed by atoms with Crippen molar-refractivity contribution in [2.45, 2.75) is 52.1 Å². The number of alkyl halides is 1. The lowest BCUT2D eigenvalue weighted by atomic mass is 9.88. The molecule has 120 valence electrons. The summed E-state index contributed by atoms with van der Waals surface area (Å²) in [6, 6.07) is -0.135. The van der Waals surface area contributed by atoms with Crippen LogP contribution >= 0.6 is 0 Å². The maximum absolute atomic E-state index is 13.5. The van der Waals surface area contributed by atoms with Gasteiger partial charge >= 0.3 is 0 Å². The Balaban J connectivity index is 2.38. The number of hydrogen-bond acceptors (Lipinski definition) is 3. The van der Waals surface area contributed by atoms with Gasteiger partial charge in [0, 0.05) is 0 Å². The van der Waals surface area contributed by atoms with Gasteiger partial charge < -0.3 is 5.32 Å². The molecule has 1 aromatic rings. The number of carbonyl (C=O) groups is 1. The van der Waals surface area contributed by atoms with Crippen LogP contribution in [0.5, 0.6) is 0 Å². The summed E-state index contributed by atoms with van der Waals surface area (Å²) in [4.78, 5) is 11.8. The molecule has 2 rings (SSSR count). The lowest BCUT2D eigenvalue weighted by molar-refractivity contribution is 0.101. The SMILES string of the molecule is CC/C=C\C=C(/CF)C1CC(C)(C)n2ncc(C(C)=O)c2N1. The van der Waals surface area contributed by atoms with Crippen molar-refractivity contribution in [3.63, 3.8) is 0 Å². The summed E-state index contributed by atoms with van der Waals surface area (Å²) in [6.45, 7) is 7.16. The van der Waals surface area contributed by atoms with E-state index >= 15 is 0 Å². The minimum absolute atomic E-state index is 0.0399. The van der Waals surface area contributed by atoms with E-state index in [0.29, 0.717) is 17.0 Å². The Bertz CT molecular complexity index is 613. The maximum Gasteiger partial charge on any atom is 0.165 e. The molecule has 0 spiro atoms. The molecule has 1 N–H and O–H groups in total. The van der Waals surface area contributed by atoms with Crippen molar-refractivity contribution >= 4 is 11.6 Å². The highest BCUT2D eigenvalue weighted by Crippen LogP contribution is 2.36. The highest BCUT2D eigenvalue weighted by Gasteiger charge is 2.36. The van der Waals surface area contributed by atoms with Crippen LogP contribution in [0.15, 0.2) is 30.0 Å². The number of halogens is 1. The molecular weight excluding hydrogens is 281 g/mol. The smallest absolute Gasteiger partial charge is 0.165 e. The first kappa shape index (κ1) is 16.5. The third-order valence-electron chi connectivity index (χ3n) is 4.02. The third kappa shape index (κ3) is 3.13. The molecule has 4 nitrogen and oxygen atoms in total. The number of fused-ring (bicyclic) bond motifs is 1. The molecule has 1 unspecified atom stereocenters. The second-order valence-electron chi connectivity index (χ2n) is 6.30. The van der Waals surface area contributed by atoms with Crippen molar-refractivity contribution in [1.29, 1.82) is 0 Å². The Hall–Kier alpha value is -1.91. The number of Topliss-reactive ketones (excluding diaryl/α,β-unsaturated/α-hetero) is 1. The minimum atomic E-state index is -0.509. The number of anilines is 1. The van der Waals surface area contributed by atoms with Gasteiger partial charge in [-0.2, -0.15) is 5.10 Å². The molecule has 0 aliphatic carbocycles. The van der Waals surface area contributed by atoms with Crippen LogP contribution in [0.4, 0.5) is 10.2 Å². The predicted molar refractivity (Wildman–Crippen MR) is 87.1 cm³/mol. The first-order valence-electron chi connectivity index (χ1n) is 7.68. The summed E-state index contributed by atoms with van der Waals surface area (Å²) in [6.07, 6.45) is 8.94. The zero-order valence-electron chi connectivity index (χ0n) is 13.7. The van der Waals surface area contributed by atoms with Crippen molar-refractivity contribution in [3.05, 3.63) is 35.6 Å². The first-order valence-corrected chi connectivity index (χ1v) is 7.68. The van der Waals surface area contributed by atoms with E-state index < -0.39 is 6.67 Å². The van der Waals surface area contributed by atoms with E-state index in [2.05, 4.69) is 24.3 Å². The van der Waals surface area contributed by atoms with Gasteiger partial charge in [-0.1, -0.05) is 25.2 Å². The summed E-state index contributed by atoms with van der Waals surface area (Å²) < 4.78 is 15.3. The Kier molecular flexibility index (Phi) is 4.84. The highest BCUT2D eigenvalue weighted by molar-refractivity contribution is 5.98. The summed E-state index contributed by atoms with van der Waals surface area (Å²) in [5.41, 5.74) is 0.974. The largest absolute Gasteiger partial charge is 0.363 e. The van der Waals surface area contributed by atoms with Gasteiger partial charge in [0.1, 0.15) is 12.5 Å². The number of carbonyl (C=O) groups excluding carboxylic acids is 1. The molecule has 0 radical (unpaired) electrons. The van der Waals surface area contributed by atoms with E-state index in [1.54, 1.807) is 6.20 Å². The van der Waals surface area contributed by atoms with Crippen LogP contribution < -0.4 is 5.32 Å². The molecule has 2 heterocycles. The van der Waals surface area contributed by atoms with Crippen LogP contribution in [0.1, 0.15) is 50.9 Å². The predicted octanol–water partition coefficient (Wildman–Crippen LogP) is 3.87. The van der Waals surface area contributed by atoms with Crippen molar-refractivity contribution in [3.8, 4) is 0 Å². The molecule has 0 saturated carbocycles. The van der Waals surface area contributed by atoms with E-state index in [0.717, 1.165) is 12.8 Å². The second-order valence-corrected chi connectivity index (χ2v) is 6.30. The lowest BCUT2D eigenvalue weighted by Crippen LogP contribution is -2.43. The third-order valence-corrected chi connectivity index (χ3v) is 4.02. The number of aromatic nitrogens is 2. The quantitative estimate of drug-likeness (QED) is 0.663. The van der Waals surface area contributed by atoms with E-state index in [4.69, 9.17) is 0 Å². The fourth-order valence-corrected chi connectivity index (χ4v) is 2.81. The monoisotopic (exact) mass is 305 g/mol. The Morgan fingerprint density at radius 3 is 2.91 bits per heavy atom. The molecule has 0 amide bonds. The second kappa shape index (κ2) is 6.46. The van der Waals surface area contributed by atoms with Gasteiger partial charge in [0.15, 0.2) is 5.78 Å². The molecule has 1 aliphatic heterocycles. The molecule has 0 fully saturated rings. The van der Waals surface area contributed by atoms with Crippen molar-refractivity contribution in [2.75, 3.05) is 12.0 Å². The fraction of sp³-hybridized carbons (Fsp3) is 0.529. The number of rotatable bonds is 5. The fourth-order valence-electron chi connectivity index (χ4n) is 2.81. The van der Waals surface area contributed by atoms with Crippen LogP contribution in [0, 0.1) is 0 Å². The zero-order chi connectivity index (χ0) is 16.3. The Morgan fingerprint density at radius 1 is 1.59 bits per heavy atom. The van der Waals surface area contributed by atoms with Crippen LogP contribution in [0.2, 0.25) is 0 Å². The zero-order valence-corrected chi connectivity index (χ0v) is 13.7. The number of nitrogens with zero attached hydrogens (tertiary/aromatic N) is 2. The van der Waals surface area contributed by atoms with Crippen molar-refractivity contribution < 1.29 is 9.18 Å². The van der Waals surface area contributed by atoms with Gasteiger partial charge in [-0.05, 0) is 39.2 Å². The average molecular weight is 305 g/mol. The van der Waals surface area contributed by atoms with Crippen molar-refractivity contribution in [1.82, 2.24) is 9.78 Å². The molecule has 0 bridgehead atoms. The molecule has 1 atom stereocenters. The number of hydrogen-bond donors (Lipinski definition) is 1. The Morgan fingerprint density at radius 2 is 2.32 bits per heavy atom. The van der Waals surface area contributed by atoms with Crippen LogP contribution in [0.3, 0.4) is 0 Å². The van der Waals surface area contributed by atoms with Gasteiger partial charge in [0.25, 0.3) is 0 Å². The molecule has 1 aromatic heterocycles. The lowest BCUT2D eigenvalue weighted by Gasteiger charge is -2.38. The maximum atomic E-state index is 13.5.